The third-order valence-electron chi connectivity index (χ3n) is 4.20. The van der Waals surface area contributed by atoms with Crippen LogP contribution < -0.4 is 10.2 Å². The molecule has 126 valence electrons. The molecule has 1 aliphatic heterocycles. The van der Waals surface area contributed by atoms with E-state index in [1.165, 1.54) is 12.1 Å². The van der Waals surface area contributed by atoms with Crippen LogP contribution in [0.5, 0.6) is 5.75 Å². The minimum Gasteiger partial charge on any atom is -0.505 e. The van der Waals surface area contributed by atoms with Crippen molar-refractivity contribution in [1.29, 1.82) is 0 Å². The summed E-state index contributed by atoms with van der Waals surface area (Å²) in [6, 6.07) is 11.2. The molecule has 0 saturated carbocycles. The van der Waals surface area contributed by atoms with Crippen molar-refractivity contribution < 1.29 is 14.3 Å². The molecule has 0 radical (unpaired) electrons. The van der Waals surface area contributed by atoms with Crippen LogP contribution in [0.4, 0.5) is 15.8 Å². The molecule has 0 bridgehead atoms. The number of benzene rings is 2. The van der Waals surface area contributed by atoms with Crippen molar-refractivity contribution in [2.45, 2.75) is 0 Å². The third kappa shape index (κ3) is 3.65. The normalized spacial score (nSPS) is 15.3. The summed E-state index contributed by atoms with van der Waals surface area (Å²) in [5, 5.41) is 11.9. The zero-order chi connectivity index (χ0) is 17.1. The van der Waals surface area contributed by atoms with Crippen LogP contribution in [0.25, 0.3) is 0 Å². The summed E-state index contributed by atoms with van der Waals surface area (Å²) in [5.74, 6) is -1.70. The van der Waals surface area contributed by atoms with Crippen LogP contribution in [0, 0.1) is 5.82 Å². The molecular formula is C18H20FN3O2. The minimum absolute atomic E-state index is 0.161. The zero-order valence-corrected chi connectivity index (χ0v) is 13.5. The van der Waals surface area contributed by atoms with E-state index in [2.05, 4.69) is 22.2 Å². The predicted molar refractivity (Wildman–Crippen MR) is 92.2 cm³/mol. The first-order valence-corrected chi connectivity index (χ1v) is 7.86. The van der Waals surface area contributed by atoms with Gasteiger partial charge in [0.2, 0.25) is 0 Å². The van der Waals surface area contributed by atoms with Crippen molar-refractivity contribution >= 4 is 17.3 Å². The molecule has 0 aliphatic carbocycles. The lowest BCUT2D eigenvalue weighted by Crippen LogP contribution is -2.44. The number of halogens is 1. The molecule has 0 unspecified atom stereocenters. The number of piperazine rings is 1. The minimum atomic E-state index is -0.812. The largest absolute Gasteiger partial charge is 0.505 e. The number of carbonyl (C=O) groups excluding carboxylic acids is 1. The first-order valence-electron chi connectivity index (χ1n) is 7.86. The maximum atomic E-state index is 13.3. The van der Waals surface area contributed by atoms with Crippen LogP contribution in [-0.4, -0.2) is 49.1 Å². The van der Waals surface area contributed by atoms with Gasteiger partial charge in [0.1, 0.15) is 0 Å². The highest BCUT2D eigenvalue weighted by Crippen LogP contribution is 2.21. The molecule has 2 aromatic rings. The topological polar surface area (TPSA) is 55.8 Å². The van der Waals surface area contributed by atoms with Gasteiger partial charge in [0.05, 0.1) is 0 Å². The first-order chi connectivity index (χ1) is 11.5. The number of aromatic hydroxyl groups is 1. The molecule has 1 heterocycles. The lowest BCUT2D eigenvalue weighted by atomic mass is 10.2. The molecule has 5 nitrogen and oxygen atoms in total. The van der Waals surface area contributed by atoms with Crippen LogP contribution in [0.2, 0.25) is 0 Å². The average Bonchev–Trinajstić information content (AvgIpc) is 2.59. The number of hydrogen-bond donors (Lipinski definition) is 2. The second-order valence-corrected chi connectivity index (χ2v) is 5.96. The quantitative estimate of drug-likeness (QED) is 0.909. The van der Waals surface area contributed by atoms with Gasteiger partial charge in [-0.3, -0.25) is 4.79 Å². The van der Waals surface area contributed by atoms with Crippen LogP contribution in [-0.2, 0) is 0 Å². The van der Waals surface area contributed by atoms with Gasteiger partial charge in [0, 0.05) is 43.1 Å². The summed E-state index contributed by atoms with van der Waals surface area (Å²) in [6.45, 7) is 4.03. The van der Waals surface area contributed by atoms with Crippen LogP contribution in [0.15, 0.2) is 42.5 Å². The molecule has 1 fully saturated rings. The second-order valence-electron chi connectivity index (χ2n) is 5.96. The zero-order valence-electron chi connectivity index (χ0n) is 13.5. The highest BCUT2D eigenvalue weighted by molar-refractivity contribution is 6.04. The number of nitrogens with one attached hydrogen (secondary N) is 1. The van der Waals surface area contributed by atoms with Gasteiger partial charge in [-0.1, -0.05) is 0 Å². The predicted octanol–water partition coefficient (Wildman–Crippen LogP) is 2.54. The number of anilines is 2. The van der Waals surface area contributed by atoms with Gasteiger partial charge in [-0.15, -0.1) is 0 Å². The number of carbonyl (C=O) groups is 1. The Kier molecular flexibility index (Phi) is 4.66. The fourth-order valence-corrected chi connectivity index (χ4v) is 2.67. The number of phenols is 1. The lowest BCUT2D eigenvalue weighted by Gasteiger charge is -2.34. The third-order valence-corrected chi connectivity index (χ3v) is 4.20. The van der Waals surface area contributed by atoms with Gasteiger partial charge in [-0.2, -0.15) is 0 Å². The van der Waals surface area contributed by atoms with Crippen LogP contribution in [0.1, 0.15) is 10.4 Å². The molecule has 6 heteroatoms. The molecule has 1 amide bonds. The molecule has 24 heavy (non-hydrogen) atoms. The average molecular weight is 329 g/mol. The molecular weight excluding hydrogens is 309 g/mol. The van der Waals surface area contributed by atoms with E-state index < -0.39 is 17.5 Å². The standard InChI is InChI=1S/C18H20FN3O2/c1-21-8-10-22(11-9-21)15-5-3-14(4-6-15)20-18(24)13-2-7-17(23)16(19)12-13/h2-7,12,23H,8-11H2,1H3,(H,20,24). The van der Waals surface area contributed by atoms with Gasteiger partial charge >= 0.3 is 0 Å². The summed E-state index contributed by atoms with van der Waals surface area (Å²) in [5.41, 5.74) is 1.93. The Morgan fingerprint density at radius 2 is 1.75 bits per heavy atom. The Balaban J connectivity index is 1.65. The second kappa shape index (κ2) is 6.88. The molecule has 1 aliphatic rings. The maximum Gasteiger partial charge on any atom is 0.255 e. The van der Waals surface area contributed by atoms with Crippen molar-refractivity contribution in [2.24, 2.45) is 0 Å². The molecule has 1 saturated heterocycles. The Morgan fingerprint density at radius 1 is 1.08 bits per heavy atom. The number of amides is 1. The SMILES string of the molecule is CN1CCN(c2ccc(NC(=O)c3ccc(O)c(F)c3)cc2)CC1. The first kappa shape index (κ1) is 16.3. The lowest BCUT2D eigenvalue weighted by molar-refractivity contribution is 0.102. The van der Waals surface area contributed by atoms with E-state index in [4.69, 9.17) is 0 Å². The number of hydrogen-bond acceptors (Lipinski definition) is 4. The molecule has 0 atom stereocenters. The maximum absolute atomic E-state index is 13.3. The van der Waals surface area contributed by atoms with Gasteiger partial charge in [-0.25, -0.2) is 4.39 Å². The van der Waals surface area contributed by atoms with Crippen molar-refractivity contribution in [3.05, 3.63) is 53.8 Å². The molecule has 2 N–H and O–H groups in total. The Bertz CT molecular complexity index is 726. The number of phenolic OH excluding ortho intramolecular Hbond substituents is 1. The Labute approximate surface area is 140 Å². The van der Waals surface area contributed by atoms with Gasteiger partial charge in [-0.05, 0) is 49.5 Å². The molecule has 0 aromatic heterocycles. The van der Waals surface area contributed by atoms with E-state index in [9.17, 15) is 14.3 Å². The molecule has 3 rings (SSSR count). The highest BCUT2D eigenvalue weighted by atomic mass is 19.1. The van der Waals surface area contributed by atoms with Crippen LogP contribution in [0.3, 0.4) is 0 Å². The van der Waals surface area contributed by atoms with Gasteiger partial charge in [0.25, 0.3) is 5.91 Å². The van der Waals surface area contributed by atoms with E-state index >= 15 is 0 Å². The van der Waals surface area contributed by atoms with E-state index in [-0.39, 0.29) is 5.56 Å². The van der Waals surface area contributed by atoms with E-state index in [1.807, 2.05) is 24.3 Å². The monoisotopic (exact) mass is 329 g/mol. The molecule has 0 spiro atoms. The summed E-state index contributed by atoms with van der Waals surface area (Å²) < 4.78 is 13.3. The Hall–Kier alpha value is -2.60. The van der Waals surface area contributed by atoms with Crippen LogP contribution >= 0.6 is 0 Å². The number of nitrogens with zero attached hydrogens (tertiary/aromatic N) is 2. The van der Waals surface area contributed by atoms with Crippen molar-refractivity contribution in [2.75, 3.05) is 43.4 Å². The van der Waals surface area contributed by atoms with Crippen molar-refractivity contribution in [3.63, 3.8) is 0 Å². The van der Waals surface area contributed by atoms with E-state index in [1.54, 1.807) is 0 Å². The summed E-state index contributed by atoms with van der Waals surface area (Å²) in [4.78, 5) is 16.7. The number of likely N-dealkylation sites (N-methyl/N-ethyl adjacent to an activating group) is 1. The smallest absolute Gasteiger partial charge is 0.255 e. The highest BCUT2D eigenvalue weighted by Gasteiger charge is 2.14. The van der Waals surface area contributed by atoms with E-state index in [0.29, 0.717) is 5.69 Å². The van der Waals surface area contributed by atoms with Crippen molar-refractivity contribution in [3.8, 4) is 5.75 Å². The Morgan fingerprint density at radius 3 is 2.38 bits per heavy atom. The van der Waals surface area contributed by atoms with Gasteiger partial charge in [0.15, 0.2) is 11.6 Å². The van der Waals surface area contributed by atoms with E-state index in [0.717, 1.165) is 37.9 Å². The van der Waals surface area contributed by atoms with Crippen molar-refractivity contribution in [1.82, 2.24) is 4.90 Å². The summed E-state index contributed by atoms with van der Waals surface area (Å²) >= 11 is 0. The summed E-state index contributed by atoms with van der Waals surface area (Å²) in [7, 11) is 2.11. The molecule has 2 aromatic carbocycles. The summed E-state index contributed by atoms with van der Waals surface area (Å²) in [6.07, 6.45) is 0. The van der Waals surface area contributed by atoms with Gasteiger partial charge < -0.3 is 20.2 Å². The fourth-order valence-electron chi connectivity index (χ4n) is 2.67. The fraction of sp³-hybridized carbons (Fsp3) is 0.278. The number of rotatable bonds is 3.